The number of rotatable bonds is 2. The molecule has 0 atom stereocenters. The Bertz CT molecular complexity index is 1640. The predicted octanol–water partition coefficient (Wildman–Crippen LogP) is 4.89. The molecule has 8 nitrogen and oxygen atoms in total. The molecule has 3 heterocycles. The summed E-state index contributed by atoms with van der Waals surface area (Å²) in [5, 5.41) is 24.5. The molecule has 6 rings (SSSR count). The van der Waals surface area contributed by atoms with E-state index in [1.54, 1.807) is 30.3 Å². The van der Waals surface area contributed by atoms with E-state index >= 15 is 0 Å². The van der Waals surface area contributed by atoms with Crippen molar-refractivity contribution in [1.29, 1.82) is 0 Å². The zero-order valence-electron chi connectivity index (χ0n) is 17.9. The minimum atomic E-state index is -0.536. The second-order valence-electron chi connectivity index (χ2n) is 8.83. The highest BCUT2D eigenvalue weighted by atomic mass is 16.4. The summed E-state index contributed by atoms with van der Waals surface area (Å²) in [6.07, 6.45) is 6.52. The first-order valence-electron chi connectivity index (χ1n) is 11.3. The summed E-state index contributed by atoms with van der Waals surface area (Å²) in [7, 11) is 0. The quantitative estimate of drug-likeness (QED) is 0.288. The van der Waals surface area contributed by atoms with Crippen LogP contribution in [0.15, 0.2) is 50.4 Å². The van der Waals surface area contributed by atoms with Crippen LogP contribution in [0.25, 0.3) is 44.2 Å². The van der Waals surface area contributed by atoms with E-state index in [0.717, 1.165) is 25.7 Å². The Morgan fingerprint density at radius 1 is 0.970 bits per heavy atom. The Balaban J connectivity index is 1.78. The fourth-order valence-electron chi connectivity index (χ4n) is 5.19. The maximum absolute atomic E-state index is 13.3. The smallest absolute Gasteiger partial charge is 0.274 e. The Morgan fingerprint density at radius 2 is 1.76 bits per heavy atom. The average molecular weight is 445 g/mol. The molecule has 168 valence electrons. The van der Waals surface area contributed by atoms with Crippen LogP contribution in [-0.4, -0.2) is 25.0 Å². The van der Waals surface area contributed by atoms with E-state index in [1.165, 1.54) is 18.9 Å². The first-order chi connectivity index (χ1) is 16.0. The molecule has 8 heteroatoms. The molecule has 1 aliphatic rings. The van der Waals surface area contributed by atoms with Gasteiger partial charge in [0.2, 0.25) is 11.2 Å². The van der Waals surface area contributed by atoms with Crippen LogP contribution in [0.2, 0.25) is 0 Å². The van der Waals surface area contributed by atoms with Crippen LogP contribution in [0.4, 0.5) is 0 Å². The number of hydrogen-bond acceptors (Lipinski definition) is 5. The second-order valence-corrected chi connectivity index (χ2v) is 8.83. The number of H-pyrrole nitrogens is 2. The van der Waals surface area contributed by atoms with Gasteiger partial charge in [0.25, 0.3) is 5.56 Å². The summed E-state index contributed by atoms with van der Waals surface area (Å²) < 4.78 is 7.93. The van der Waals surface area contributed by atoms with Crippen molar-refractivity contribution in [2.75, 3.05) is 0 Å². The van der Waals surface area contributed by atoms with E-state index in [-0.39, 0.29) is 22.9 Å². The summed E-state index contributed by atoms with van der Waals surface area (Å²) in [6, 6.07) is 9.69. The SMILES string of the molecule is O=c1ccc2c(oc3c(-c4cccc(O)c4)c4c(=O)[nH]n(C5CCCCCC5)c4[nH]c32)c1O. The van der Waals surface area contributed by atoms with Crippen LogP contribution in [0, 0.1) is 0 Å². The number of nitrogens with zero attached hydrogens (tertiary/aromatic N) is 1. The summed E-state index contributed by atoms with van der Waals surface area (Å²) in [5.41, 5.74) is 1.92. The fraction of sp³-hybridized carbons (Fsp3) is 0.280. The molecule has 1 aliphatic carbocycles. The van der Waals surface area contributed by atoms with Gasteiger partial charge in [-0.1, -0.05) is 37.8 Å². The second kappa shape index (κ2) is 7.30. The third kappa shape index (κ3) is 2.97. The molecular formula is C25H23N3O5. The molecule has 0 spiro atoms. The molecule has 3 aromatic heterocycles. The highest BCUT2D eigenvalue weighted by Gasteiger charge is 2.26. The van der Waals surface area contributed by atoms with E-state index in [1.807, 2.05) is 4.68 Å². The molecule has 0 aliphatic heterocycles. The van der Waals surface area contributed by atoms with Crippen molar-refractivity contribution in [2.45, 2.75) is 44.6 Å². The van der Waals surface area contributed by atoms with Crippen LogP contribution in [0.1, 0.15) is 44.6 Å². The van der Waals surface area contributed by atoms with Crippen molar-refractivity contribution in [2.24, 2.45) is 0 Å². The van der Waals surface area contributed by atoms with Gasteiger partial charge in [-0.3, -0.25) is 19.4 Å². The summed E-state index contributed by atoms with van der Waals surface area (Å²) in [5.74, 6) is -0.411. The lowest BCUT2D eigenvalue weighted by Crippen LogP contribution is -2.13. The van der Waals surface area contributed by atoms with Crippen molar-refractivity contribution >= 4 is 33.1 Å². The number of phenols is 2. The number of furan rings is 1. The molecule has 2 aromatic carbocycles. The van der Waals surface area contributed by atoms with Gasteiger partial charge >= 0.3 is 0 Å². The van der Waals surface area contributed by atoms with Crippen molar-refractivity contribution in [3.05, 3.63) is 57.0 Å². The lowest BCUT2D eigenvalue weighted by molar-refractivity contribution is 0.413. The summed E-state index contributed by atoms with van der Waals surface area (Å²) >= 11 is 0. The van der Waals surface area contributed by atoms with Gasteiger partial charge in [0.05, 0.1) is 16.9 Å². The highest BCUT2D eigenvalue weighted by Crippen LogP contribution is 2.41. The Morgan fingerprint density at radius 3 is 2.52 bits per heavy atom. The van der Waals surface area contributed by atoms with E-state index in [2.05, 4.69) is 10.1 Å². The van der Waals surface area contributed by atoms with Gasteiger partial charge in [0.1, 0.15) is 11.4 Å². The Hall–Kier alpha value is -3.94. The van der Waals surface area contributed by atoms with Gasteiger partial charge in [-0.2, -0.15) is 0 Å². The lowest BCUT2D eigenvalue weighted by atomic mass is 10.0. The van der Waals surface area contributed by atoms with E-state index in [0.29, 0.717) is 38.6 Å². The van der Waals surface area contributed by atoms with Crippen LogP contribution < -0.4 is 11.0 Å². The van der Waals surface area contributed by atoms with Crippen molar-refractivity contribution < 1.29 is 14.6 Å². The number of nitrogens with one attached hydrogen (secondary N) is 2. The van der Waals surface area contributed by atoms with Crippen molar-refractivity contribution in [3.63, 3.8) is 0 Å². The molecule has 0 bridgehead atoms. The van der Waals surface area contributed by atoms with Crippen molar-refractivity contribution in [3.8, 4) is 22.6 Å². The molecule has 33 heavy (non-hydrogen) atoms. The molecular weight excluding hydrogens is 422 g/mol. The van der Waals surface area contributed by atoms with E-state index in [4.69, 9.17) is 4.42 Å². The largest absolute Gasteiger partial charge is 0.508 e. The average Bonchev–Trinajstić information content (AvgIpc) is 3.19. The van der Waals surface area contributed by atoms with Gasteiger partial charge in [-0.25, -0.2) is 0 Å². The van der Waals surface area contributed by atoms with Gasteiger partial charge in [0.15, 0.2) is 11.2 Å². The van der Waals surface area contributed by atoms with E-state index < -0.39 is 11.2 Å². The maximum Gasteiger partial charge on any atom is 0.274 e. The number of benzene rings is 2. The number of hydrogen-bond donors (Lipinski definition) is 4. The molecule has 0 amide bonds. The molecule has 1 fully saturated rings. The number of phenolic OH excluding ortho intramolecular Hbond substituents is 2. The van der Waals surface area contributed by atoms with Gasteiger partial charge in [0, 0.05) is 10.9 Å². The topological polar surface area (TPSA) is 124 Å². The van der Waals surface area contributed by atoms with Crippen LogP contribution >= 0.6 is 0 Å². The first kappa shape index (κ1) is 19.7. The number of fused-ring (bicyclic) bond motifs is 4. The minimum absolute atomic E-state index is 0.0575. The first-order valence-corrected chi connectivity index (χ1v) is 11.3. The Labute approximate surface area is 187 Å². The maximum atomic E-state index is 13.3. The number of pyridine rings is 1. The van der Waals surface area contributed by atoms with E-state index in [9.17, 15) is 19.8 Å². The highest BCUT2D eigenvalue weighted by molar-refractivity contribution is 6.15. The zero-order valence-corrected chi connectivity index (χ0v) is 17.9. The van der Waals surface area contributed by atoms with Gasteiger partial charge in [-0.05, 0) is 42.7 Å². The standard InChI is InChI=1S/C25H23N3O5/c29-15-9-5-6-13(12-15)18-19-24(28(27-25(19)32)14-7-3-1-2-4-8-14)26-20-16-10-11-17(30)21(31)22(16)33-23(18)20/h5-6,9-12,14,26,29,31H,1-4,7-8H2,(H,27,32). The monoisotopic (exact) mass is 445 g/mol. The normalized spacial score (nSPS) is 15.5. The number of aromatic nitrogens is 3. The van der Waals surface area contributed by atoms with Gasteiger partial charge < -0.3 is 19.6 Å². The molecule has 0 unspecified atom stereocenters. The molecule has 1 saturated carbocycles. The third-order valence-corrected chi connectivity index (χ3v) is 6.77. The number of aromatic hydroxyl groups is 2. The van der Waals surface area contributed by atoms with Crippen LogP contribution in [-0.2, 0) is 0 Å². The molecule has 0 radical (unpaired) electrons. The zero-order chi connectivity index (χ0) is 22.7. The third-order valence-electron chi connectivity index (χ3n) is 6.77. The summed E-state index contributed by atoms with van der Waals surface area (Å²) in [4.78, 5) is 28.7. The molecule has 5 aromatic rings. The molecule has 4 N–H and O–H groups in total. The number of aromatic amines is 2. The minimum Gasteiger partial charge on any atom is -0.508 e. The van der Waals surface area contributed by atoms with Crippen molar-refractivity contribution in [1.82, 2.24) is 14.8 Å². The van der Waals surface area contributed by atoms with Crippen LogP contribution in [0.3, 0.4) is 0 Å². The Kier molecular flexibility index (Phi) is 4.36. The predicted molar refractivity (Wildman–Crippen MR) is 126 cm³/mol. The van der Waals surface area contributed by atoms with Crippen LogP contribution in [0.5, 0.6) is 11.5 Å². The van der Waals surface area contributed by atoms with Gasteiger partial charge in [-0.15, -0.1) is 0 Å². The lowest BCUT2D eigenvalue weighted by Gasteiger charge is -2.17. The fourth-order valence-corrected chi connectivity index (χ4v) is 5.19. The summed E-state index contributed by atoms with van der Waals surface area (Å²) in [6.45, 7) is 0. The molecule has 0 saturated heterocycles.